The Morgan fingerprint density at radius 3 is 3.05 bits per heavy atom. The number of ether oxygens (including phenoxy) is 2. The maximum absolute atomic E-state index is 12.2. The molecule has 4 nitrogen and oxygen atoms in total. The zero-order valence-electron chi connectivity index (χ0n) is 13.1. The van der Waals surface area contributed by atoms with Crippen LogP contribution in [0.25, 0.3) is 0 Å². The lowest BCUT2D eigenvalue weighted by molar-refractivity contribution is 0.0947. The van der Waals surface area contributed by atoms with Crippen molar-refractivity contribution in [3.05, 3.63) is 29.3 Å². The first-order valence-electron chi connectivity index (χ1n) is 8.48. The van der Waals surface area contributed by atoms with Gasteiger partial charge in [-0.2, -0.15) is 0 Å². The maximum atomic E-state index is 12.2. The van der Waals surface area contributed by atoms with Gasteiger partial charge in [0, 0.05) is 18.7 Å². The van der Waals surface area contributed by atoms with E-state index in [1.165, 1.54) is 12.8 Å². The molecular formula is C18H25NO3. The molecule has 1 aromatic carbocycles. The molecule has 2 heterocycles. The largest absolute Gasteiger partial charge is 0.493 e. The van der Waals surface area contributed by atoms with E-state index in [-0.39, 0.29) is 5.91 Å². The van der Waals surface area contributed by atoms with Crippen molar-refractivity contribution in [2.24, 2.45) is 0 Å². The molecule has 1 amide bonds. The van der Waals surface area contributed by atoms with Gasteiger partial charge in [-0.05, 0) is 68.7 Å². The molecule has 22 heavy (non-hydrogen) atoms. The van der Waals surface area contributed by atoms with Gasteiger partial charge >= 0.3 is 0 Å². The van der Waals surface area contributed by atoms with Gasteiger partial charge < -0.3 is 14.8 Å². The van der Waals surface area contributed by atoms with E-state index in [4.69, 9.17) is 9.47 Å². The zero-order valence-corrected chi connectivity index (χ0v) is 13.1. The number of carbonyl (C=O) groups excluding carboxylic acids is 1. The fourth-order valence-corrected chi connectivity index (χ4v) is 3.17. The summed E-state index contributed by atoms with van der Waals surface area (Å²) < 4.78 is 11.2. The number of hydrogen-bond donors (Lipinski definition) is 1. The third-order valence-corrected chi connectivity index (χ3v) is 4.43. The molecule has 2 aliphatic heterocycles. The highest BCUT2D eigenvalue weighted by Crippen LogP contribution is 2.25. The Morgan fingerprint density at radius 2 is 2.18 bits per heavy atom. The summed E-state index contributed by atoms with van der Waals surface area (Å²) in [5.41, 5.74) is 1.89. The SMILES string of the molecule is O=C(NCCCC[C@H]1CCCO1)c1ccc2c(c1)CCCO2. The summed E-state index contributed by atoms with van der Waals surface area (Å²) in [5, 5.41) is 3.01. The van der Waals surface area contributed by atoms with Gasteiger partial charge in [0.2, 0.25) is 0 Å². The Bertz CT molecular complexity index is 509. The fourth-order valence-electron chi connectivity index (χ4n) is 3.17. The van der Waals surface area contributed by atoms with E-state index >= 15 is 0 Å². The van der Waals surface area contributed by atoms with Gasteiger partial charge in [-0.1, -0.05) is 0 Å². The summed E-state index contributed by atoms with van der Waals surface area (Å²) >= 11 is 0. The minimum Gasteiger partial charge on any atom is -0.493 e. The number of amides is 1. The van der Waals surface area contributed by atoms with Gasteiger partial charge in [-0.25, -0.2) is 0 Å². The van der Waals surface area contributed by atoms with Crippen LogP contribution in [-0.2, 0) is 11.2 Å². The van der Waals surface area contributed by atoms with Crippen molar-refractivity contribution in [3.63, 3.8) is 0 Å². The molecule has 1 aromatic rings. The summed E-state index contributed by atoms with van der Waals surface area (Å²) in [6.07, 6.45) is 8.12. The van der Waals surface area contributed by atoms with Crippen LogP contribution in [-0.4, -0.2) is 31.8 Å². The summed E-state index contributed by atoms with van der Waals surface area (Å²) in [6, 6.07) is 5.74. The van der Waals surface area contributed by atoms with Crippen molar-refractivity contribution >= 4 is 5.91 Å². The van der Waals surface area contributed by atoms with Gasteiger partial charge in [0.15, 0.2) is 0 Å². The molecule has 0 spiro atoms. The number of hydrogen-bond acceptors (Lipinski definition) is 3. The van der Waals surface area contributed by atoms with E-state index in [1.54, 1.807) is 0 Å². The predicted molar refractivity (Wildman–Crippen MR) is 85.4 cm³/mol. The molecule has 1 fully saturated rings. The Morgan fingerprint density at radius 1 is 1.23 bits per heavy atom. The second-order valence-corrected chi connectivity index (χ2v) is 6.16. The summed E-state index contributed by atoms with van der Waals surface area (Å²) in [7, 11) is 0. The number of aryl methyl sites for hydroxylation is 1. The average molecular weight is 303 g/mol. The van der Waals surface area contributed by atoms with E-state index in [2.05, 4.69) is 5.32 Å². The minimum atomic E-state index is 0.0190. The van der Waals surface area contributed by atoms with Crippen molar-refractivity contribution in [2.75, 3.05) is 19.8 Å². The number of rotatable bonds is 6. The van der Waals surface area contributed by atoms with Crippen molar-refractivity contribution in [3.8, 4) is 5.75 Å². The molecule has 1 N–H and O–H groups in total. The molecular weight excluding hydrogens is 278 g/mol. The number of benzene rings is 1. The molecule has 1 saturated heterocycles. The first-order valence-corrected chi connectivity index (χ1v) is 8.48. The van der Waals surface area contributed by atoms with Crippen LogP contribution in [0.4, 0.5) is 0 Å². The van der Waals surface area contributed by atoms with Crippen LogP contribution in [0.15, 0.2) is 18.2 Å². The first-order chi connectivity index (χ1) is 10.8. The second-order valence-electron chi connectivity index (χ2n) is 6.16. The molecule has 0 radical (unpaired) electrons. The molecule has 3 rings (SSSR count). The van der Waals surface area contributed by atoms with Gasteiger partial charge in [-0.15, -0.1) is 0 Å². The highest BCUT2D eigenvalue weighted by Gasteiger charge is 2.15. The Balaban J connectivity index is 1.40. The highest BCUT2D eigenvalue weighted by molar-refractivity contribution is 5.94. The number of fused-ring (bicyclic) bond motifs is 1. The smallest absolute Gasteiger partial charge is 0.251 e. The van der Waals surface area contributed by atoms with Crippen molar-refractivity contribution in [2.45, 2.75) is 51.0 Å². The molecule has 2 aliphatic rings. The topological polar surface area (TPSA) is 47.6 Å². The molecule has 120 valence electrons. The van der Waals surface area contributed by atoms with Crippen molar-refractivity contribution < 1.29 is 14.3 Å². The molecule has 0 unspecified atom stereocenters. The average Bonchev–Trinajstić information content (AvgIpc) is 3.07. The third kappa shape index (κ3) is 4.01. The van der Waals surface area contributed by atoms with Crippen LogP contribution in [0.1, 0.15) is 54.4 Å². The number of unbranched alkanes of at least 4 members (excludes halogenated alkanes) is 1. The lowest BCUT2D eigenvalue weighted by Gasteiger charge is -2.17. The highest BCUT2D eigenvalue weighted by atomic mass is 16.5. The van der Waals surface area contributed by atoms with Crippen LogP contribution in [0.3, 0.4) is 0 Å². The first kappa shape index (κ1) is 15.3. The Kier molecular flexibility index (Phi) is 5.33. The van der Waals surface area contributed by atoms with Gasteiger partial charge in [0.1, 0.15) is 5.75 Å². The third-order valence-electron chi connectivity index (χ3n) is 4.43. The summed E-state index contributed by atoms with van der Waals surface area (Å²) in [4.78, 5) is 12.2. The predicted octanol–water partition coefficient (Wildman–Crippen LogP) is 3.09. The normalized spacial score (nSPS) is 20.3. The molecule has 0 aromatic heterocycles. The van der Waals surface area contributed by atoms with Gasteiger partial charge in [-0.3, -0.25) is 4.79 Å². The quantitative estimate of drug-likeness (QED) is 0.822. The van der Waals surface area contributed by atoms with Crippen molar-refractivity contribution in [1.82, 2.24) is 5.32 Å². The molecule has 1 atom stereocenters. The van der Waals surface area contributed by atoms with Gasteiger partial charge in [0.25, 0.3) is 5.91 Å². The molecule has 4 heteroatoms. The zero-order chi connectivity index (χ0) is 15.2. The lowest BCUT2D eigenvalue weighted by atomic mass is 10.0. The Hall–Kier alpha value is -1.55. The summed E-state index contributed by atoms with van der Waals surface area (Å²) in [5.74, 6) is 0.949. The van der Waals surface area contributed by atoms with E-state index < -0.39 is 0 Å². The van der Waals surface area contributed by atoms with Crippen LogP contribution >= 0.6 is 0 Å². The summed E-state index contributed by atoms with van der Waals surface area (Å²) in [6.45, 7) is 2.44. The molecule has 0 saturated carbocycles. The van der Waals surface area contributed by atoms with Crippen molar-refractivity contribution in [1.29, 1.82) is 0 Å². The van der Waals surface area contributed by atoms with Crippen LogP contribution in [0.5, 0.6) is 5.75 Å². The van der Waals surface area contributed by atoms with E-state index in [0.29, 0.717) is 6.10 Å². The standard InChI is InChI=1S/C18H25NO3/c20-18(19-10-2-1-6-16-7-4-11-21-16)15-8-9-17-14(13-15)5-3-12-22-17/h8-9,13,16H,1-7,10-12H2,(H,19,20)/t16-/m0/s1. The minimum absolute atomic E-state index is 0.0190. The fraction of sp³-hybridized carbons (Fsp3) is 0.611. The molecule has 0 aliphatic carbocycles. The second kappa shape index (κ2) is 7.63. The van der Waals surface area contributed by atoms with Crippen LogP contribution in [0, 0.1) is 0 Å². The van der Waals surface area contributed by atoms with Crippen LogP contribution < -0.4 is 10.1 Å². The number of carbonyl (C=O) groups is 1. The van der Waals surface area contributed by atoms with E-state index in [1.807, 2.05) is 18.2 Å². The number of nitrogens with one attached hydrogen (secondary N) is 1. The van der Waals surface area contributed by atoms with E-state index in [0.717, 1.165) is 68.7 Å². The lowest BCUT2D eigenvalue weighted by Crippen LogP contribution is -2.25. The maximum Gasteiger partial charge on any atom is 0.251 e. The monoisotopic (exact) mass is 303 g/mol. The van der Waals surface area contributed by atoms with Gasteiger partial charge in [0.05, 0.1) is 12.7 Å². The van der Waals surface area contributed by atoms with Crippen LogP contribution in [0.2, 0.25) is 0 Å². The van der Waals surface area contributed by atoms with E-state index in [9.17, 15) is 4.79 Å². The Labute approximate surface area is 132 Å². The molecule has 0 bridgehead atoms.